The van der Waals surface area contributed by atoms with Gasteiger partial charge in [0.25, 0.3) is 0 Å². The first kappa shape index (κ1) is 16.9. The third-order valence-corrected chi connectivity index (χ3v) is 3.36. The zero-order valence-corrected chi connectivity index (χ0v) is 13.9. The molecule has 1 aromatic rings. The van der Waals surface area contributed by atoms with Crippen LogP contribution in [0.1, 0.15) is 40.3 Å². The van der Waals surface area contributed by atoms with Gasteiger partial charge in [0.1, 0.15) is 6.61 Å². The van der Waals surface area contributed by atoms with Crippen molar-refractivity contribution < 1.29 is 4.74 Å². The molecule has 1 aromatic heterocycles. The van der Waals surface area contributed by atoms with Crippen LogP contribution in [-0.2, 0) is 6.54 Å². The average molecular weight is 279 g/mol. The quantitative estimate of drug-likeness (QED) is 0.869. The summed E-state index contributed by atoms with van der Waals surface area (Å²) < 4.78 is 5.82. The Kier molecular flexibility index (Phi) is 5.54. The number of hydrogen-bond acceptors (Lipinski definition) is 4. The molecule has 0 unspecified atom stereocenters. The second-order valence-corrected chi connectivity index (χ2v) is 7.07. The lowest BCUT2D eigenvalue weighted by Gasteiger charge is -2.31. The van der Waals surface area contributed by atoms with Gasteiger partial charge in [-0.3, -0.25) is 0 Å². The number of rotatable bonds is 6. The highest BCUT2D eigenvalue weighted by Crippen LogP contribution is 2.14. The first-order valence-corrected chi connectivity index (χ1v) is 7.11. The molecule has 0 aliphatic carbocycles. The Balaban J connectivity index is 2.60. The van der Waals surface area contributed by atoms with Gasteiger partial charge in [-0.1, -0.05) is 6.07 Å². The highest BCUT2D eigenvalue weighted by atomic mass is 16.5. The summed E-state index contributed by atoms with van der Waals surface area (Å²) in [5.74, 6) is 0.688. The van der Waals surface area contributed by atoms with Crippen LogP contribution in [-0.4, -0.2) is 41.7 Å². The summed E-state index contributed by atoms with van der Waals surface area (Å²) in [6.07, 6.45) is 0. The van der Waals surface area contributed by atoms with Crippen LogP contribution in [0.15, 0.2) is 18.2 Å². The fraction of sp³-hybridized carbons (Fsp3) is 0.688. The van der Waals surface area contributed by atoms with E-state index in [-0.39, 0.29) is 11.1 Å². The van der Waals surface area contributed by atoms with Crippen molar-refractivity contribution in [2.45, 2.75) is 52.2 Å². The second-order valence-electron chi connectivity index (χ2n) is 7.07. The smallest absolute Gasteiger partial charge is 0.213 e. The Morgan fingerprint density at radius 1 is 1.15 bits per heavy atom. The maximum absolute atomic E-state index is 5.82. The van der Waals surface area contributed by atoms with Crippen molar-refractivity contribution in [1.29, 1.82) is 0 Å². The van der Waals surface area contributed by atoms with Gasteiger partial charge in [-0.05, 0) is 54.8 Å². The summed E-state index contributed by atoms with van der Waals surface area (Å²) in [5, 5.41) is 3.43. The van der Waals surface area contributed by atoms with Crippen molar-refractivity contribution in [3.05, 3.63) is 23.9 Å². The van der Waals surface area contributed by atoms with E-state index in [1.54, 1.807) is 0 Å². The molecule has 1 rings (SSSR count). The van der Waals surface area contributed by atoms with E-state index in [1.165, 1.54) is 0 Å². The van der Waals surface area contributed by atoms with Crippen LogP contribution < -0.4 is 10.1 Å². The second kappa shape index (κ2) is 6.55. The summed E-state index contributed by atoms with van der Waals surface area (Å²) in [6, 6.07) is 5.92. The summed E-state index contributed by atoms with van der Waals surface area (Å²) in [5.41, 5.74) is 1.08. The molecule has 0 aliphatic rings. The summed E-state index contributed by atoms with van der Waals surface area (Å²) >= 11 is 0. The molecule has 4 nitrogen and oxygen atoms in total. The number of aromatic nitrogens is 1. The molecule has 20 heavy (non-hydrogen) atoms. The van der Waals surface area contributed by atoms with E-state index in [1.807, 2.05) is 18.2 Å². The average Bonchev–Trinajstić information content (AvgIpc) is 2.34. The predicted molar refractivity (Wildman–Crippen MR) is 84.1 cm³/mol. The van der Waals surface area contributed by atoms with Crippen LogP contribution in [0.5, 0.6) is 5.88 Å². The lowest BCUT2D eigenvalue weighted by molar-refractivity contribution is 0.111. The third-order valence-electron chi connectivity index (χ3n) is 3.36. The van der Waals surface area contributed by atoms with Crippen molar-refractivity contribution in [3.8, 4) is 5.88 Å². The van der Waals surface area contributed by atoms with Crippen LogP contribution in [0.4, 0.5) is 0 Å². The number of hydrogen-bond donors (Lipinski definition) is 1. The summed E-state index contributed by atoms with van der Waals surface area (Å²) in [6.45, 7) is 12.1. The topological polar surface area (TPSA) is 37.4 Å². The largest absolute Gasteiger partial charge is 0.476 e. The Bertz CT molecular complexity index is 422. The number of pyridine rings is 1. The van der Waals surface area contributed by atoms with Gasteiger partial charge in [0.2, 0.25) is 5.88 Å². The molecule has 0 bridgehead atoms. The van der Waals surface area contributed by atoms with Crippen LogP contribution >= 0.6 is 0 Å². The van der Waals surface area contributed by atoms with E-state index in [9.17, 15) is 0 Å². The molecule has 0 radical (unpaired) electrons. The maximum Gasteiger partial charge on any atom is 0.213 e. The molecule has 114 valence electrons. The zero-order valence-electron chi connectivity index (χ0n) is 13.9. The summed E-state index contributed by atoms with van der Waals surface area (Å²) in [7, 11) is 4.11. The maximum atomic E-state index is 5.82. The van der Waals surface area contributed by atoms with Gasteiger partial charge in [0.05, 0.1) is 5.69 Å². The van der Waals surface area contributed by atoms with E-state index in [0.29, 0.717) is 12.5 Å². The van der Waals surface area contributed by atoms with E-state index in [2.05, 4.69) is 63.9 Å². The summed E-state index contributed by atoms with van der Waals surface area (Å²) in [4.78, 5) is 6.69. The standard InChI is InChI=1S/C16H29N3O/c1-15(2,3)17-11-13-9-8-10-14(18-13)20-12-16(4,5)19(6)7/h8-10,17H,11-12H2,1-7H3. The van der Waals surface area contributed by atoms with Crippen molar-refractivity contribution in [1.82, 2.24) is 15.2 Å². The highest BCUT2D eigenvalue weighted by molar-refractivity contribution is 5.16. The fourth-order valence-corrected chi connectivity index (χ4v) is 1.37. The highest BCUT2D eigenvalue weighted by Gasteiger charge is 2.21. The van der Waals surface area contributed by atoms with E-state index in [4.69, 9.17) is 4.74 Å². The van der Waals surface area contributed by atoms with Gasteiger partial charge in [0, 0.05) is 23.7 Å². The minimum absolute atomic E-state index is 0.0126. The molecule has 4 heteroatoms. The normalized spacial score (nSPS) is 12.8. The van der Waals surface area contributed by atoms with Gasteiger partial charge in [0.15, 0.2) is 0 Å². The van der Waals surface area contributed by atoms with Gasteiger partial charge >= 0.3 is 0 Å². The first-order chi connectivity index (χ1) is 9.10. The molecule has 0 saturated carbocycles. The first-order valence-electron chi connectivity index (χ1n) is 7.11. The Morgan fingerprint density at radius 3 is 2.35 bits per heavy atom. The lowest BCUT2D eigenvalue weighted by Crippen LogP contribution is -2.43. The number of likely N-dealkylation sites (N-methyl/N-ethyl adjacent to an activating group) is 1. The van der Waals surface area contributed by atoms with Crippen LogP contribution in [0.25, 0.3) is 0 Å². The van der Waals surface area contributed by atoms with Crippen molar-refractivity contribution >= 4 is 0 Å². The Hall–Kier alpha value is -1.13. The lowest BCUT2D eigenvalue weighted by atomic mass is 10.1. The van der Waals surface area contributed by atoms with Crippen molar-refractivity contribution in [2.24, 2.45) is 0 Å². The minimum atomic E-state index is -0.0126. The van der Waals surface area contributed by atoms with E-state index >= 15 is 0 Å². The Morgan fingerprint density at radius 2 is 1.80 bits per heavy atom. The Labute approximate surface area is 123 Å². The molecule has 1 heterocycles. The van der Waals surface area contributed by atoms with E-state index in [0.717, 1.165) is 12.2 Å². The molecular formula is C16H29N3O. The van der Waals surface area contributed by atoms with Gasteiger partial charge in [-0.25, -0.2) is 4.98 Å². The molecule has 0 atom stereocenters. The van der Waals surface area contributed by atoms with Crippen LogP contribution in [0.3, 0.4) is 0 Å². The van der Waals surface area contributed by atoms with Crippen LogP contribution in [0, 0.1) is 0 Å². The van der Waals surface area contributed by atoms with Gasteiger partial charge in [-0.15, -0.1) is 0 Å². The van der Waals surface area contributed by atoms with Crippen LogP contribution in [0.2, 0.25) is 0 Å². The van der Waals surface area contributed by atoms with Crippen molar-refractivity contribution in [2.75, 3.05) is 20.7 Å². The fourth-order valence-electron chi connectivity index (χ4n) is 1.37. The molecule has 0 aromatic carbocycles. The number of ether oxygens (including phenoxy) is 1. The molecular weight excluding hydrogens is 250 g/mol. The minimum Gasteiger partial charge on any atom is -0.476 e. The number of nitrogens with one attached hydrogen (secondary N) is 1. The zero-order chi connectivity index (χ0) is 15.4. The monoisotopic (exact) mass is 279 g/mol. The molecule has 0 aliphatic heterocycles. The molecule has 0 fully saturated rings. The number of nitrogens with zero attached hydrogens (tertiary/aromatic N) is 2. The SMILES string of the molecule is CN(C)C(C)(C)COc1cccc(CNC(C)(C)C)n1. The van der Waals surface area contributed by atoms with Gasteiger partial charge in [-0.2, -0.15) is 0 Å². The van der Waals surface area contributed by atoms with E-state index < -0.39 is 0 Å². The molecule has 0 amide bonds. The third kappa shape index (κ3) is 5.88. The predicted octanol–water partition coefficient (Wildman–Crippen LogP) is 2.69. The van der Waals surface area contributed by atoms with Gasteiger partial charge < -0.3 is 15.0 Å². The van der Waals surface area contributed by atoms with Crippen molar-refractivity contribution in [3.63, 3.8) is 0 Å². The molecule has 0 spiro atoms. The molecule has 1 N–H and O–H groups in total. The molecule has 0 saturated heterocycles.